The number of nitrogens with zero attached hydrogens (tertiary/aromatic N) is 6. The van der Waals surface area contributed by atoms with Gasteiger partial charge in [0.25, 0.3) is 0 Å². The molecular formula is C21H32N6O. The van der Waals surface area contributed by atoms with Gasteiger partial charge in [-0.3, -0.25) is 14.8 Å². The molecule has 7 nitrogen and oxygen atoms in total. The molecule has 0 aromatic carbocycles. The van der Waals surface area contributed by atoms with Crippen LogP contribution in [0.4, 0.5) is 0 Å². The number of likely N-dealkylation sites (tertiary alicyclic amines) is 1. The van der Waals surface area contributed by atoms with Crippen LogP contribution in [0.2, 0.25) is 0 Å². The van der Waals surface area contributed by atoms with Crippen molar-refractivity contribution < 1.29 is 5.11 Å². The van der Waals surface area contributed by atoms with E-state index in [2.05, 4.69) is 43.4 Å². The van der Waals surface area contributed by atoms with Gasteiger partial charge in [0, 0.05) is 45.1 Å². The van der Waals surface area contributed by atoms with E-state index in [0.717, 1.165) is 56.7 Å². The normalized spacial score (nSPS) is 23.4. The first-order valence-electron chi connectivity index (χ1n) is 10.6. The van der Waals surface area contributed by atoms with Crippen LogP contribution in [0.15, 0.2) is 24.5 Å². The molecular weight excluding hydrogens is 352 g/mol. The maximum absolute atomic E-state index is 10.3. The van der Waals surface area contributed by atoms with E-state index in [1.807, 2.05) is 24.5 Å². The second-order valence-corrected chi connectivity index (χ2v) is 8.23. The predicted octanol–water partition coefficient (Wildman–Crippen LogP) is 2.23. The van der Waals surface area contributed by atoms with Crippen molar-refractivity contribution in [3.05, 3.63) is 41.7 Å². The highest BCUT2D eigenvalue weighted by Gasteiger charge is 2.36. The summed E-state index contributed by atoms with van der Waals surface area (Å²) in [7, 11) is 0. The van der Waals surface area contributed by atoms with Crippen LogP contribution in [0.3, 0.4) is 0 Å². The van der Waals surface area contributed by atoms with Crippen molar-refractivity contribution in [1.82, 2.24) is 29.5 Å². The lowest BCUT2D eigenvalue weighted by Gasteiger charge is -2.31. The summed E-state index contributed by atoms with van der Waals surface area (Å²) in [5.74, 6) is 2.84. The van der Waals surface area contributed by atoms with Gasteiger partial charge in [0.1, 0.15) is 5.82 Å². The molecule has 0 unspecified atom stereocenters. The number of pyridine rings is 1. The third-order valence-electron chi connectivity index (χ3n) is 6.35. The number of hydrogen-bond donors (Lipinski definition) is 1. The van der Waals surface area contributed by atoms with Crippen molar-refractivity contribution in [3.8, 4) is 0 Å². The number of rotatable bonds is 7. The van der Waals surface area contributed by atoms with E-state index < -0.39 is 0 Å². The molecule has 1 N–H and O–H groups in total. The van der Waals surface area contributed by atoms with Crippen LogP contribution in [0, 0.1) is 5.92 Å². The number of β-amino-alcohol motifs (C(OH)–C–C–N with tert-alkyl or cyclic N) is 1. The molecule has 0 bridgehead atoms. The summed E-state index contributed by atoms with van der Waals surface area (Å²) in [6.07, 6.45) is 6.52. The molecule has 2 aromatic heterocycles. The third kappa shape index (κ3) is 4.11. The van der Waals surface area contributed by atoms with Gasteiger partial charge in [-0.05, 0) is 30.0 Å². The smallest absolute Gasteiger partial charge is 0.150 e. The zero-order chi connectivity index (χ0) is 19.5. The highest BCUT2D eigenvalue weighted by atomic mass is 16.3. The molecule has 0 saturated carbocycles. The van der Waals surface area contributed by atoms with E-state index in [1.54, 1.807) is 0 Å². The lowest BCUT2D eigenvalue weighted by molar-refractivity contribution is 0.168. The molecule has 152 valence electrons. The van der Waals surface area contributed by atoms with E-state index in [0.29, 0.717) is 6.54 Å². The van der Waals surface area contributed by atoms with Crippen molar-refractivity contribution in [3.63, 3.8) is 0 Å². The molecule has 28 heavy (non-hydrogen) atoms. The number of hydrogen-bond acceptors (Lipinski definition) is 6. The summed E-state index contributed by atoms with van der Waals surface area (Å²) < 4.78 is 2.30. The van der Waals surface area contributed by atoms with Gasteiger partial charge >= 0.3 is 0 Å². The minimum atomic E-state index is -0.310. The summed E-state index contributed by atoms with van der Waals surface area (Å²) in [5, 5.41) is 19.4. The minimum Gasteiger partial charge on any atom is -0.392 e. The fraction of sp³-hybridized carbons (Fsp3) is 0.667. The summed E-state index contributed by atoms with van der Waals surface area (Å²) >= 11 is 0. The quantitative estimate of drug-likeness (QED) is 0.789. The monoisotopic (exact) mass is 384 g/mol. The first kappa shape index (κ1) is 19.5. The van der Waals surface area contributed by atoms with Gasteiger partial charge in [-0.25, -0.2) is 0 Å². The Morgan fingerprint density at radius 3 is 2.68 bits per heavy atom. The number of aliphatic hydroxyl groups excluding tert-OH is 1. The maximum atomic E-state index is 10.3. The highest BCUT2D eigenvalue weighted by Crippen LogP contribution is 2.33. The largest absolute Gasteiger partial charge is 0.392 e. The van der Waals surface area contributed by atoms with E-state index in [9.17, 15) is 5.11 Å². The lowest BCUT2D eigenvalue weighted by Crippen LogP contribution is -2.38. The summed E-state index contributed by atoms with van der Waals surface area (Å²) in [5.41, 5.74) is 1.21. The Morgan fingerprint density at radius 1 is 1.14 bits per heavy atom. The van der Waals surface area contributed by atoms with Crippen LogP contribution in [0.5, 0.6) is 0 Å². The molecule has 1 fully saturated rings. The topological polar surface area (TPSA) is 70.3 Å². The second kappa shape index (κ2) is 8.68. The Balaban J connectivity index is 1.48. The fourth-order valence-corrected chi connectivity index (χ4v) is 4.59. The molecule has 2 aliphatic heterocycles. The van der Waals surface area contributed by atoms with Gasteiger partial charge in [-0.1, -0.05) is 26.7 Å². The van der Waals surface area contributed by atoms with E-state index >= 15 is 0 Å². The van der Waals surface area contributed by atoms with E-state index in [1.165, 1.54) is 18.4 Å². The van der Waals surface area contributed by atoms with Gasteiger partial charge in [0.15, 0.2) is 5.82 Å². The Bertz CT molecular complexity index is 760. The van der Waals surface area contributed by atoms with Crippen LogP contribution in [0.1, 0.15) is 56.4 Å². The molecule has 1 saturated heterocycles. The average Bonchev–Trinajstić information content (AvgIpc) is 3.29. The van der Waals surface area contributed by atoms with Crippen molar-refractivity contribution in [1.29, 1.82) is 0 Å². The number of aliphatic hydroxyl groups is 1. The summed E-state index contributed by atoms with van der Waals surface area (Å²) in [6, 6.07) is 4.20. The van der Waals surface area contributed by atoms with Crippen molar-refractivity contribution in [2.75, 3.05) is 19.6 Å². The summed E-state index contributed by atoms with van der Waals surface area (Å²) in [6.45, 7) is 10.0. The Morgan fingerprint density at radius 2 is 1.93 bits per heavy atom. The van der Waals surface area contributed by atoms with E-state index in [4.69, 9.17) is 0 Å². The van der Waals surface area contributed by atoms with Gasteiger partial charge in [-0.15, -0.1) is 10.2 Å². The molecule has 4 heterocycles. The van der Waals surface area contributed by atoms with Crippen LogP contribution in [-0.2, 0) is 19.6 Å². The van der Waals surface area contributed by atoms with Crippen LogP contribution < -0.4 is 0 Å². The lowest BCUT2D eigenvalue weighted by atomic mass is 10.0. The average molecular weight is 385 g/mol. The standard InChI is InChI=1S/C21H32N6O/c1-3-16(4-2)12-25-9-10-27-20(15-25)23-24-21(27)19-11-18(28)14-26(19)13-17-5-7-22-8-6-17/h5-8,16,18-19,28H,3-4,9-15H2,1-2H3/t18-,19+/m1/s1. The first-order chi connectivity index (χ1) is 13.7. The molecule has 0 radical (unpaired) electrons. The number of aromatic nitrogens is 4. The van der Waals surface area contributed by atoms with Crippen LogP contribution >= 0.6 is 0 Å². The molecule has 4 rings (SSSR count). The molecule has 2 atom stereocenters. The maximum Gasteiger partial charge on any atom is 0.150 e. The van der Waals surface area contributed by atoms with Crippen LogP contribution in [0.25, 0.3) is 0 Å². The zero-order valence-corrected chi connectivity index (χ0v) is 17.0. The summed E-state index contributed by atoms with van der Waals surface area (Å²) in [4.78, 5) is 8.95. The van der Waals surface area contributed by atoms with Gasteiger partial charge in [0.2, 0.25) is 0 Å². The second-order valence-electron chi connectivity index (χ2n) is 8.23. The van der Waals surface area contributed by atoms with E-state index in [-0.39, 0.29) is 12.1 Å². The molecule has 0 aliphatic carbocycles. The highest BCUT2D eigenvalue weighted by molar-refractivity contribution is 5.13. The first-order valence-corrected chi connectivity index (χ1v) is 10.6. The molecule has 0 spiro atoms. The van der Waals surface area contributed by atoms with Crippen molar-refractivity contribution in [2.24, 2.45) is 5.92 Å². The molecule has 2 aliphatic rings. The molecule has 7 heteroatoms. The van der Waals surface area contributed by atoms with Gasteiger partial charge < -0.3 is 9.67 Å². The molecule has 2 aromatic rings. The van der Waals surface area contributed by atoms with Crippen molar-refractivity contribution in [2.45, 2.75) is 64.9 Å². The Labute approximate surface area is 167 Å². The van der Waals surface area contributed by atoms with Gasteiger partial charge in [0.05, 0.1) is 18.7 Å². The zero-order valence-electron chi connectivity index (χ0n) is 17.0. The van der Waals surface area contributed by atoms with Crippen molar-refractivity contribution >= 4 is 0 Å². The SMILES string of the molecule is CCC(CC)CN1CCn2c(nnc2[C@@H]2C[C@@H](O)CN2Cc2ccncc2)C1. The number of fused-ring (bicyclic) bond motifs is 1. The predicted molar refractivity (Wildman–Crippen MR) is 107 cm³/mol. The fourth-order valence-electron chi connectivity index (χ4n) is 4.59. The minimum absolute atomic E-state index is 0.120. The third-order valence-corrected chi connectivity index (χ3v) is 6.35. The molecule has 0 amide bonds. The van der Waals surface area contributed by atoms with Gasteiger partial charge in [-0.2, -0.15) is 0 Å². The Hall–Kier alpha value is -1.83. The van der Waals surface area contributed by atoms with Crippen LogP contribution in [-0.4, -0.2) is 60.4 Å². The Kier molecular flexibility index (Phi) is 6.04.